The molecule has 1 saturated heterocycles. The fourth-order valence-corrected chi connectivity index (χ4v) is 2.39. The van der Waals surface area contributed by atoms with Crippen LogP contribution in [-0.2, 0) is 4.74 Å². The van der Waals surface area contributed by atoms with Crippen LogP contribution in [0.1, 0.15) is 0 Å². The number of halogens is 1. The summed E-state index contributed by atoms with van der Waals surface area (Å²) in [5, 5.41) is 42.9. The van der Waals surface area contributed by atoms with E-state index in [0.717, 1.165) is 12.1 Å². The first kappa shape index (κ1) is 18.2. The van der Waals surface area contributed by atoms with Crippen molar-refractivity contribution in [2.75, 3.05) is 6.61 Å². The molecule has 0 bridgehead atoms. The molecule has 1 aromatic carbocycles. The Balaban J connectivity index is 2.27. The van der Waals surface area contributed by atoms with Gasteiger partial charge in [-0.25, -0.2) is 0 Å². The van der Waals surface area contributed by atoms with Gasteiger partial charge in [-0.2, -0.15) is 0 Å². The van der Waals surface area contributed by atoms with Gasteiger partial charge in [-0.1, -0.05) is 16.7 Å². The van der Waals surface area contributed by atoms with E-state index >= 15 is 0 Å². The van der Waals surface area contributed by atoms with Gasteiger partial charge in [-0.3, -0.25) is 10.1 Å². The van der Waals surface area contributed by atoms with E-state index in [1.807, 2.05) is 0 Å². The number of aliphatic hydroxyl groups is 3. The molecule has 0 radical (unpaired) electrons. The average molecular weight is 361 g/mol. The molecule has 1 aliphatic rings. The Morgan fingerprint density at radius 3 is 2.71 bits per heavy atom. The largest absolute Gasteiger partial charge is 0.463 e. The van der Waals surface area contributed by atoms with Crippen LogP contribution in [0.15, 0.2) is 23.3 Å². The van der Waals surface area contributed by atoms with Gasteiger partial charge in [-0.15, -0.1) is 0 Å². The molecule has 0 aromatic heterocycles. The van der Waals surface area contributed by atoms with Crippen LogP contribution in [0.3, 0.4) is 0 Å². The molecule has 1 aliphatic heterocycles. The first-order valence-electron chi connectivity index (χ1n) is 6.66. The summed E-state index contributed by atoms with van der Waals surface area (Å²) in [5.41, 5.74) is 8.33. The SMILES string of the molecule is [N-]=[N+]=N[C@H]1[C@H](Oc2ccc([N+](=O)[O-])cc2Cl)O[C@H](CO)[C@@H](O)[C@@H]1O. The summed E-state index contributed by atoms with van der Waals surface area (Å²) in [6, 6.07) is 2.08. The highest BCUT2D eigenvalue weighted by Crippen LogP contribution is 2.32. The Labute approximate surface area is 139 Å². The van der Waals surface area contributed by atoms with E-state index < -0.39 is 42.2 Å². The molecule has 0 saturated carbocycles. The average Bonchev–Trinajstić information content (AvgIpc) is 2.55. The van der Waals surface area contributed by atoms with Crippen LogP contribution < -0.4 is 4.74 Å². The van der Waals surface area contributed by atoms with E-state index in [9.17, 15) is 25.4 Å². The maximum absolute atomic E-state index is 10.7. The summed E-state index contributed by atoms with van der Waals surface area (Å²) in [5.74, 6) is -0.0225. The van der Waals surface area contributed by atoms with Crippen molar-refractivity contribution in [2.45, 2.75) is 30.6 Å². The summed E-state index contributed by atoms with van der Waals surface area (Å²) in [4.78, 5) is 12.6. The lowest BCUT2D eigenvalue weighted by molar-refractivity contribution is -0.384. The highest BCUT2D eigenvalue weighted by atomic mass is 35.5. The van der Waals surface area contributed by atoms with Crippen molar-refractivity contribution in [1.29, 1.82) is 0 Å². The zero-order valence-corrected chi connectivity index (χ0v) is 12.7. The number of hydrogen-bond donors (Lipinski definition) is 3. The first-order valence-corrected chi connectivity index (χ1v) is 7.04. The molecule has 5 atom stereocenters. The van der Waals surface area contributed by atoms with Crippen LogP contribution in [0.5, 0.6) is 5.75 Å². The van der Waals surface area contributed by atoms with Gasteiger partial charge >= 0.3 is 0 Å². The maximum Gasteiger partial charge on any atom is 0.271 e. The number of benzene rings is 1. The highest BCUT2D eigenvalue weighted by molar-refractivity contribution is 6.32. The number of non-ortho nitro benzene ring substituents is 1. The second-order valence-electron chi connectivity index (χ2n) is 4.89. The summed E-state index contributed by atoms with van der Waals surface area (Å²) in [6.45, 7) is -0.616. The van der Waals surface area contributed by atoms with Crippen molar-refractivity contribution in [2.24, 2.45) is 5.11 Å². The van der Waals surface area contributed by atoms with Gasteiger partial charge in [-0.05, 0) is 11.6 Å². The Morgan fingerprint density at radius 2 is 2.17 bits per heavy atom. The quantitative estimate of drug-likeness (QED) is 0.228. The summed E-state index contributed by atoms with van der Waals surface area (Å²) in [7, 11) is 0. The van der Waals surface area contributed by atoms with Crippen molar-refractivity contribution < 1.29 is 29.7 Å². The standard InChI is InChI=1S/C12H13ClN4O7/c13-6-3-5(17(21)22)1-2-7(6)23-12-9(15-16-14)11(20)10(19)8(4-18)24-12/h1-3,8-12,18-20H,4H2/t8-,9-,10-,11-,12-/m1/s1. The van der Waals surface area contributed by atoms with Crippen molar-refractivity contribution >= 4 is 17.3 Å². The monoisotopic (exact) mass is 360 g/mol. The van der Waals surface area contributed by atoms with Gasteiger partial charge in [0.15, 0.2) is 0 Å². The van der Waals surface area contributed by atoms with E-state index in [0.29, 0.717) is 0 Å². The molecule has 1 aromatic rings. The summed E-state index contributed by atoms with van der Waals surface area (Å²) < 4.78 is 10.7. The third kappa shape index (κ3) is 3.67. The Morgan fingerprint density at radius 1 is 1.46 bits per heavy atom. The molecule has 1 fully saturated rings. The molecule has 11 nitrogen and oxygen atoms in total. The molecule has 0 aliphatic carbocycles. The van der Waals surface area contributed by atoms with E-state index in [4.69, 9.17) is 26.6 Å². The molecule has 0 unspecified atom stereocenters. The smallest absolute Gasteiger partial charge is 0.271 e. The molecule has 1 heterocycles. The number of aliphatic hydroxyl groups excluding tert-OH is 3. The van der Waals surface area contributed by atoms with Crippen LogP contribution in [0.4, 0.5) is 5.69 Å². The number of rotatable bonds is 5. The molecule has 24 heavy (non-hydrogen) atoms. The Bertz CT molecular complexity index is 669. The minimum Gasteiger partial charge on any atom is -0.463 e. The van der Waals surface area contributed by atoms with E-state index in [2.05, 4.69) is 10.0 Å². The predicted octanol–water partition coefficient (Wildman–Crippen LogP) is 0.745. The van der Waals surface area contributed by atoms with Crippen molar-refractivity contribution in [3.63, 3.8) is 0 Å². The minimum atomic E-state index is -1.55. The molecular formula is C12H13ClN4O7. The minimum absolute atomic E-state index is 0.0225. The van der Waals surface area contributed by atoms with Gasteiger partial charge in [0.1, 0.15) is 24.0 Å². The van der Waals surface area contributed by atoms with E-state index in [-0.39, 0.29) is 16.5 Å². The lowest BCUT2D eigenvalue weighted by Gasteiger charge is -2.40. The van der Waals surface area contributed by atoms with Gasteiger partial charge in [0, 0.05) is 17.0 Å². The topological polar surface area (TPSA) is 171 Å². The number of ether oxygens (including phenoxy) is 2. The normalized spacial score (nSPS) is 29.6. The van der Waals surface area contributed by atoms with Gasteiger partial charge < -0.3 is 24.8 Å². The molecule has 3 N–H and O–H groups in total. The Hall–Kier alpha value is -2.14. The molecule has 0 amide bonds. The molecule has 2 rings (SSSR count). The molecular weight excluding hydrogens is 348 g/mol. The summed E-state index contributed by atoms with van der Waals surface area (Å²) in [6.07, 6.45) is -5.58. The molecule has 0 spiro atoms. The lowest BCUT2D eigenvalue weighted by Crippen LogP contribution is -2.59. The van der Waals surface area contributed by atoms with Gasteiger partial charge in [0.25, 0.3) is 5.69 Å². The number of hydrogen-bond acceptors (Lipinski definition) is 8. The second kappa shape index (κ2) is 7.62. The van der Waals surface area contributed by atoms with Crippen LogP contribution in [0, 0.1) is 10.1 Å². The van der Waals surface area contributed by atoms with Crippen molar-refractivity contribution in [3.8, 4) is 5.75 Å². The zero-order chi connectivity index (χ0) is 17.9. The third-order valence-corrected chi connectivity index (χ3v) is 3.70. The van der Waals surface area contributed by atoms with Gasteiger partial charge in [0.2, 0.25) is 6.29 Å². The number of nitro benzene ring substituents is 1. The Kier molecular flexibility index (Phi) is 5.78. The van der Waals surface area contributed by atoms with Crippen LogP contribution >= 0.6 is 11.6 Å². The molecule has 12 heteroatoms. The zero-order valence-electron chi connectivity index (χ0n) is 12.0. The van der Waals surface area contributed by atoms with E-state index in [1.54, 1.807) is 0 Å². The van der Waals surface area contributed by atoms with Crippen LogP contribution in [-0.4, -0.2) is 57.5 Å². The lowest BCUT2D eigenvalue weighted by atomic mass is 9.98. The predicted molar refractivity (Wildman–Crippen MR) is 79.4 cm³/mol. The maximum atomic E-state index is 10.7. The van der Waals surface area contributed by atoms with Crippen LogP contribution in [0.2, 0.25) is 5.02 Å². The molecule has 130 valence electrons. The van der Waals surface area contributed by atoms with E-state index in [1.165, 1.54) is 6.07 Å². The van der Waals surface area contributed by atoms with Gasteiger partial charge in [0.05, 0.1) is 22.7 Å². The summed E-state index contributed by atoms with van der Waals surface area (Å²) >= 11 is 5.90. The third-order valence-electron chi connectivity index (χ3n) is 3.40. The number of nitrogens with zero attached hydrogens (tertiary/aromatic N) is 4. The highest BCUT2D eigenvalue weighted by Gasteiger charge is 2.45. The van der Waals surface area contributed by atoms with Crippen molar-refractivity contribution in [3.05, 3.63) is 43.8 Å². The van der Waals surface area contributed by atoms with Crippen molar-refractivity contribution in [1.82, 2.24) is 0 Å². The van der Waals surface area contributed by atoms with Crippen LogP contribution in [0.25, 0.3) is 10.4 Å². The number of azide groups is 1. The number of nitro groups is 1. The fourth-order valence-electron chi connectivity index (χ4n) is 2.17. The first-order chi connectivity index (χ1) is 11.4. The second-order valence-corrected chi connectivity index (χ2v) is 5.30. The fraction of sp³-hybridized carbons (Fsp3) is 0.500.